The van der Waals surface area contributed by atoms with Gasteiger partial charge in [-0.2, -0.15) is 0 Å². The van der Waals surface area contributed by atoms with Gasteiger partial charge in [0.15, 0.2) is 0 Å². The van der Waals surface area contributed by atoms with E-state index < -0.39 is 0 Å². The van der Waals surface area contributed by atoms with Crippen molar-refractivity contribution < 1.29 is 9.53 Å². The van der Waals surface area contributed by atoms with Crippen LogP contribution in [0.5, 0.6) is 0 Å². The number of carbonyl (C=O) groups is 1. The Balaban J connectivity index is 1.67. The van der Waals surface area contributed by atoms with E-state index in [1.807, 2.05) is 0 Å². The molecule has 0 radical (unpaired) electrons. The molecule has 0 saturated heterocycles. The van der Waals surface area contributed by atoms with E-state index in [4.69, 9.17) is 4.74 Å². The Morgan fingerprint density at radius 2 is 2.00 bits per heavy atom. The Labute approximate surface area is 140 Å². The molecule has 4 rings (SSSR count). The van der Waals surface area contributed by atoms with Crippen molar-refractivity contribution in [2.24, 2.45) is 34.5 Å². The number of methoxy groups -OCH3 is 1. The second-order valence-electron chi connectivity index (χ2n) is 8.83. The smallest absolute Gasteiger partial charge is 0.309 e. The van der Waals surface area contributed by atoms with Crippen LogP contribution in [0, 0.1) is 34.5 Å². The predicted molar refractivity (Wildman–Crippen MR) is 91.7 cm³/mol. The number of rotatable bonds is 1. The number of ether oxygens (including phenoxy) is 1. The molecule has 2 fully saturated rings. The normalized spacial score (nSPS) is 48.0. The van der Waals surface area contributed by atoms with Crippen LogP contribution in [0.25, 0.3) is 0 Å². The third-order valence-corrected chi connectivity index (χ3v) is 8.14. The lowest BCUT2D eigenvalue weighted by atomic mass is 9.48. The molecule has 23 heavy (non-hydrogen) atoms. The average Bonchev–Trinajstić information content (AvgIpc) is 2.91. The number of fused-ring (bicyclic) bond motifs is 5. The fraction of sp³-hybridized carbons (Fsp3) is 0.762. The summed E-state index contributed by atoms with van der Waals surface area (Å²) in [6.45, 7) is 4.89. The van der Waals surface area contributed by atoms with E-state index >= 15 is 0 Å². The molecule has 4 aliphatic rings. The van der Waals surface area contributed by atoms with Crippen LogP contribution in [0.2, 0.25) is 0 Å². The van der Waals surface area contributed by atoms with Gasteiger partial charge in [0.25, 0.3) is 0 Å². The van der Waals surface area contributed by atoms with Gasteiger partial charge >= 0.3 is 5.97 Å². The van der Waals surface area contributed by atoms with Gasteiger partial charge in [0.2, 0.25) is 0 Å². The highest BCUT2D eigenvalue weighted by molar-refractivity contribution is 5.73. The molecule has 6 atom stereocenters. The Bertz CT molecular complexity index is 574. The van der Waals surface area contributed by atoms with Gasteiger partial charge in [0.05, 0.1) is 13.0 Å². The maximum Gasteiger partial charge on any atom is 0.309 e. The van der Waals surface area contributed by atoms with Gasteiger partial charge in [-0.3, -0.25) is 4.79 Å². The van der Waals surface area contributed by atoms with Gasteiger partial charge in [0, 0.05) is 0 Å². The highest BCUT2D eigenvalue weighted by Crippen LogP contribution is 2.65. The standard InChI is InChI=1S/C21H30O2/c1-20-12-5-4-6-14(20)7-8-15-16-9-10-18(19(22)23-3)21(16,2)13-11-17(15)20/h4,6-7,15-18H,5,8-13H2,1-3H3/t15-,16-,17-,18+,20-,21-/m0/s1. The lowest BCUT2D eigenvalue weighted by Crippen LogP contribution is -2.49. The van der Waals surface area contributed by atoms with Crippen molar-refractivity contribution in [2.75, 3.05) is 7.11 Å². The van der Waals surface area contributed by atoms with Gasteiger partial charge in [-0.15, -0.1) is 0 Å². The first-order valence-corrected chi connectivity index (χ1v) is 9.46. The van der Waals surface area contributed by atoms with Crippen molar-refractivity contribution in [3.63, 3.8) is 0 Å². The molecule has 0 unspecified atom stereocenters. The Hall–Kier alpha value is -1.05. The van der Waals surface area contributed by atoms with Crippen molar-refractivity contribution in [1.82, 2.24) is 0 Å². The molecule has 0 N–H and O–H groups in total. The second-order valence-corrected chi connectivity index (χ2v) is 8.83. The van der Waals surface area contributed by atoms with Crippen LogP contribution in [0.15, 0.2) is 23.8 Å². The lowest BCUT2D eigenvalue weighted by Gasteiger charge is -2.56. The van der Waals surface area contributed by atoms with Gasteiger partial charge in [-0.1, -0.05) is 32.1 Å². The average molecular weight is 314 g/mol. The molecule has 126 valence electrons. The summed E-state index contributed by atoms with van der Waals surface area (Å²) in [5.74, 6) is 2.44. The molecule has 0 heterocycles. The maximum absolute atomic E-state index is 12.3. The van der Waals surface area contributed by atoms with Gasteiger partial charge < -0.3 is 4.74 Å². The Morgan fingerprint density at radius 1 is 1.17 bits per heavy atom. The second kappa shape index (κ2) is 5.22. The largest absolute Gasteiger partial charge is 0.469 e. The van der Waals surface area contributed by atoms with Crippen LogP contribution in [0.1, 0.15) is 58.8 Å². The van der Waals surface area contributed by atoms with Crippen molar-refractivity contribution in [2.45, 2.75) is 58.8 Å². The predicted octanol–water partition coefficient (Wildman–Crippen LogP) is 4.90. The molecule has 0 aromatic heterocycles. The van der Waals surface area contributed by atoms with Crippen molar-refractivity contribution >= 4 is 5.97 Å². The zero-order valence-electron chi connectivity index (χ0n) is 14.8. The van der Waals surface area contributed by atoms with Crippen molar-refractivity contribution in [3.8, 4) is 0 Å². The summed E-state index contributed by atoms with van der Waals surface area (Å²) in [5.41, 5.74) is 2.14. The van der Waals surface area contributed by atoms with Crippen LogP contribution in [0.4, 0.5) is 0 Å². The van der Waals surface area contributed by atoms with E-state index in [1.165, 1.54) is 38.5 Å². The minimum Gasteiger partial charge on any atom is -0.469 e. The quantitative estimate of drug-likeness (QED) is 0.643. The Morgan fingerprint density at radius 3 is 2.78 bits per heavy atom. The summed E-state index contributed by atoms with van der Waals surface area (Å²) < 4.78 is 5.13. The summed E-state index contributed by atoms with van der Waals surface area (Å²) in [4.78, 5) is 12.3. The minimum absolute atomic E-state index is 0.0345. The summed E-state index contributed by atoms with van der Waals surface area (Å²) in [7, 11) is 1.55. The monoisotopic (exact) mass is 314 g/mol. The highest BCUT2D eigenvalue weighted by Gasteiger charge is 2.59. The first-order chi connectivity index (χ1) is 11.0. The van der Waals surface area contributed by atoms with E-state index in [1.54, 1.807) is 12.7 Å². The van der Waals surface area contributed by atoms with E-state index in [0.29, 0.717) is 11.3 Å². The number of allylic oxidation sites excluding steroid dienone is 4. The van der Waals surface area contributed by atoms with Crippen LogP contribution in [-0.4, -0.2) is 13.1 Å². The molecule has 0 aromatic carbocycles. The molecule has 0 amide bonds. The summed E-state index contributed by atoms with van der Waals surface area (Å²) in [6.07, 6.45) is 15.7. The third kappa shape index (κ3) is 2.03. The fourth-order valence-electron chi connectivity index (χ4n) is 6.83. The summed E-state index contributed by atoms with van der Waals surface area (Å²) in [5, 5.41) is 0. The molecular formula is C21H30O2. The SMILES string of the molecule is COC(=O)[C@H]1CC[C@H]2[C@@H]3CC=C4C=CCC[C@]4(C)[C@H]3CC[C@]12C. The van der Waals surface area contributed by atoms with E-state index in [-0.39, 0.29) is 17.3 Å². The topological polar surface area (TPSA) is 26.3 Å². The minimum atomic E-state index is 0.0345. The summed E-state index contributed by atoms with van der Waals surface area (Å²) in [6, 6.07) is 0. The maximum atomic E-state index is 12.3. The molecule has 0 bridgehead atoms. The zero-order chi connectivity index (χ0) is 16.2. The van der Waals surface area contributed by atoms with E-state index in [2.05, 4.69) is 32.1 Å². The third-order valence-electron chi connectivity index (χ3n) is 8.14. The van der Waals surface area contributed by atoms with Gasteiger partial charge in [0.1, 0.15) is 0 Å². The molecule has 4 aliphatic carbocycles. The molecule has 0 aromatic rings. The van der Waals surface area contributed by atoms with Crippen LogP contribution >= 0.6 is 0 Å². The molecule has 0 aliphatic heterocycles. The van der Waals surface area contributed by atoms with Crippen LogP contribution in [-0.2, 0) is 9.53 Å². The van der Waals surface area contributed by atoms with Crippen molar-refractivity contribution in [1.29, 1.82) is 0 Å². The van der Waals surface area contributed by atoms with Crippen LogP contribution < -0.4 is 0 Å². The molecule has 2 nitrogen and oxygen atoms in total. The highest BCUT2D eigenvalue weighted by atomic mass is 16.5. The number of esters is 1. The molecular weight excluding hydrogens is 284 g/mol. The first-order valence-electron chi connectivity index (χ1n) is 9.46. The number of hydrogen-bond acceptors (Lipinski definition) is 2. The van der Waals surface area contributed by atoms with E-state index in [9.17, 15) is 4.79 Å². The van der Waals surface area contributed by atoms with E-state index in [0.717, 1.165) is 18.3 Å². The summed E-state index contributed by atoms with van der Waals surface area (Å²) >= 11 is 0. The van der Waals surface area contributed by atoms with Gasteiger partial charge in [-0.25, -0.2) is 0 Å². The lowest BCUT2D eigenvalue weighted by molar-refractivity contribution is -0.152. The molecule has 2 saturated carbocycles. The number of carbonyl (C=O) groups excluding carboxylic acids is 1. The fourth-order valence-corrected chi connectivity index (χ4v) is 6.83. The zero-order valence-corrected chi connectivity index (χ0v) is 14.8. The van der Waals surface area contributed by atoms with Crippen LogP contribution in [0.3, 0.4) is 0 Å². The van der Waals surface area contributed by atoms with Gasteiger partial charge in [-0.05, 0) is 79.1 Å². The first kappa shape index (κ1) is 15.5. The van der Waals surface area contributed by atoms with Crippen molar-refractivity contribution in [3.05, 3.63) is 23.8 Å². The molecule has 0 spiro atoms. The molecule has 2 heteroatoms. The Kier molecular flexibility index (Phi) is 3.52. The number of hydrogen-bond donors (Lipinski definition) is 0.